The Morgan fingerprint density at radius 1 is 0.370 bits per heavy atom. The minimum atomic E-state index is -1.98. The van der Waals surface area contributed by atoms with Crippen LogP contribution in [0.2, 0.25) is 0 Å². The molecule has 19 heteroatoms. The minimum Gasteiger partial charge on any atom is -0.394 e. The molecular weight excluding hydrogens is 1270 g/mol. The Labute approximate surface area is 603 Å². The molecule has 12 N–H and O–H groups in total. The lowest BCUT2D eigenvalue weighted by atomic mass is 9.96. The van der Waals surface area contributed by atoms with Gasteiger partial charge in [-0.25, -0.2) is 0 Å². The first kappa shape index (κ1) is 91.2. The van der Waals surface area contributed by atoms with Crippen LogP contribution in [0.5, 0.6) is 0 Å². The van der Waals surface area contributed by atoms with Crippen LogP contribution in [0, 0.1) is 0 Å². The minimum absolute atomic E-state index is 0.239. The Hall–Kier alpha value is -3.03. The van der Waals surface area contributed by atoms with Crippen molar-refractivity contribution in [2.75, 3.05) is 26.4 Å². The molecule has 0 aromatic heterocycles. The van der Waals surface area contributed by atoms with Crippen molar-refractivity contribution < 1.29 is 89.4 Å². The molecule has 580 valence electrons. The van der Waals surface area contributed by atoms with E-state index in [2.05, 4.69) is 92.1 Å². The quantitative estimate of drug-likeness (QED) is 0.0199. The van der Waals surface area contributed by atoms with E-state index in [4.69, 9.17) is 28.4 Å². The van der Waals surface area contributed by atoms with E-state index in [1.54, 1.807) is 6.08 Å². The summed E-state index contributed by atoms with van der Waals surface area (Å²) in [6.45, 7) is 1.65. The Balaban J connectivity index is 1.37. The third-order valence-corrected chi connectivity index (χ3v) is 19.4. The topological polar surface area (TPSA) is 307 Å². The normalized spacial score (nSPS) is 26.9. The first-order chi connectivity index (χ1) is 48.8. The molecule has 100 heavy (non-hydrogen) atoms. The van der Waals surface area contributed by atoms with Crippen LogP contribution >= 0.6 is 0 Å². The Morgan fingerprint density at radius 2 is 0.690 bits per heavy atom. The van der Waals surface area contributed by atoms with Crippen LogP contribution in [0.15, 0.2) is 85.1 Å². The maximum absolute atomic E-state index is 13.5. The van der Waals surface area contributed by atoms with Crippen LogP contribution in [0.1, 0.15) is 290 Å². The second-order valence-corrected chi connectivity index (χ2v) is 28.1. The molecule has 3 fully saturated rings. The van der Waals surface area contributed by atoms with E-state index >= 15 is 0 Å². The number of amides is 1. The predicted molar refractivity (Wildman–Crippen MR) is 397 cm³/mol. The summed E-state index contributed by atoms with van der Waals surface area (Å²) < 4.78 is 34.4. The molecule has 0 aromatic carbocycles. The molecule has 0 aliphatic carbocycles. The number of aliphatic hydroxyl groups is 11. The highest BCUT2D eigenvalue weighted by Gasteiger charge is 2.54. The number of nitrogens with one attached hydrogen (secondary N) is 1. The summed E-state index contributed by atoms with van der Waals surface area (Å²) in [6, 6.07) is -0.979. The first-order valence-corrected chi connectivity index (χ1v) is 39.8. The average molecular weight is 1420 g/mol. The Bertz CT molecular complexity index is 2140. The lowest BCUT2D eigenvalue weighted by Crippen LogP contribution is -2.66. The van der Waals surface area contributed by atoms with Gasteiger partial charge in [-0.05, 0) is 70.6 Å². The van der Waals surface area contributed by atoms with Crippen molar-refractivity contribution >= 4 is 5.91 Å². The molecule has 0 radical (unpaired) electrons. The molecule has 0 aromatic rings. The van der Waals surface area contributed by atoms with Gasteiger partial charge in [0.05, 0.1) is 38.6 Å². The summed E-state index contributed by atoms with van der Waals surface area (Å²) in [4.78, 5) is 13.5. The highest BCUT2D eigenvalue weighted by Crippen LogP contribution is 2.33. The molecule has 0 saturated carbocycles. The van der Waals surface area contributed by atoms with Crippen molar-refractivity contribution in [1.82, 2.24) is 5.32 Å². The second kappa shape index (κ2) is 61.2. The summed E-state index contributed by atoms with van der Waals surface area (Å²) in [7, 11) is 0. The van der Waals surface area contributed by atoms with Crippen molar-refractivity contribution in [2.45, 2.75) is 394 Å². The summed E-state index contributed by atoms with van der Waals surface area (Å²) in [5, 5.41) is 121. The number of unbranched alkanes of at least 4 members (excludes halogenated alkanes) is 34. The molecule has 17 unspecified atom stereocenters. The second-order valence-electron chi connectivity index (χ2n) is 28.1. The highest BCUT2D eigenvalue weighted by molar-refractivity contribution is 5.76. The van der Waals surface area contributed by atoms with Gasteiger partial charge in [0.1, 0.15) is 73.2 Å². The van der Waals surface area contributed by atoms with Crippen LogP contribution < -0.4 is 5.32 Å². The van der Waals surface area contributed by atoms with Crippen molar-refractivity contribution in [2.24, 2.45) is 0 Å². The molecular formula is C81H143NO18. The molecule has 19 nitrogen and oxygen atoms in total. The maximum Gasteiger partial charge on any atom is 0.220 e. The molecule has 17 atom stereocenters. The van der Waals surface area contributed by atoms with Gasteiger partial charge in [0.2, 0.25) is 5.91 Å². The number of allylic oxidation sites excluding steroid dienone is 13. The van der Waals surface area contributed by atoms with Crippen molar-refractivity contribution in [3.05, 3.63) is 85.1 Å². The number of hydrogen-bond acceptors (Lipinski definition) is 18. The van der Waals surface area contributed by atoms with E-state index in [0.29, 0.717) is 6.42 Å². The standard InChI is InChI=1S/C81H143NO18/c1-3-5-7-9-11-13-15-17-19-21-23-25-27-28-29-30-31-32-33-34-35-36-37-39-41-43-45-47-49-51-53-55-57-59-69(87)82-64(65(86)58-56-54-52-50-48-46-44-42-40-38-26-24-22-20-18-16-14-12-10-8-6-4-2)63-95-79-75(93)72(90)77(67(61-84)97-79)100-81-76(94)73(91)78(68(62-85)98-81)99-80-74(92)71(89)70(88)66(60-83)96-80/h5,7,11,13,17,19,23,25,28-29,31-32,56,58,64-68,70-81,83-86,88-94H,3-4,6,8-10,12,14-16,18,20-22,24,26-27,30,33-55,57,59-63H2,1-2H3,(H,82,87)/b7-5-,13-11-,19-17-,25-23-,29-28-,32-31-,58-56+. The fourth-order valence-electron chi connectivity index (χ4n) is 13.1. The Morgan fingerprint density at radius 3 is 1.08 bits per heavy atom. The van der Waals surface area contributed by atoms with Crippen LogP contribution in [0.4, 0.5) is 0 Å². The number of rotatable bonds is 62. The number of hydrogen-bond donors (Lipinski definition) is 12. The van der Waals surface area contributed by atoms with Gasteiger partial charge in [0, 0.05) is 6.42 Å². The van der Waals surface area contributed by atoms with Gasteiger partial charge >= 0.3 is 0 Å². The smallest absolute Gasteiger partial charge is 0.220 e. The monoisotopic (exact) mass is 1420 g/mol. The van der Waals surface area contributed by atoms with Crippen molar-refractivity contribution in [3.8, 4) is 0 Å². The van der Waals surface area contributed by atoms with Gasteiger partial charge in [0.15, 0.2) is 18.9 Å². The van der Waals surface area contributed by atoms with Gasteiger partial charge in [-0.15, -0.1) is 0 Å². The molecule has 0 spiro atoms. The van der Waals surface area contributed by atoms with Crippen molar-refractivity contribution in [1.29, 1.82) is 0 Å². The molecule has 3 aliphatic heterocycles. The third kappa shape index (κ3) is 41.0. The maximum atomic E-state index is 13.5. The van der Waals surface area contributed by atoms with Crippen LogP contribution in [0.3, 0.4) is 0 Å². The van der Waals surface area contributed by atoms with Gasteiger partial charge in [0.25, 0.3) is 0 Å². The Kier molecular flexibility index (Phi) is 55.8. The molecule has 3 heterocycles. The predicted octanol–water partition coefficient (Wildman–Crippen LogP) is 13.0. The number of ether oxygens (including phenoxy) is 6. The van der Waals surface area contributed by atoms with Gasteiger partial charge in [-0.2, -0.15) is 0 Å². The molecule has 1 amide bonds. The molecule has 3 aliphatic rings. The fourth-order valence-corrected chi connectivity index (χ4v) is 13.1. The lowest BCUT2D eigenvalue weighted by Gasteiger charge is -2.48. The lowest BCUT2D eigenvalue weighted by molar-refractivity contribution is -0.379. The summed E-state index contributed by atoms with van der Waals surface area (Å²) in [6.07, 6.45) is 54.1. The SMILES string of the molecule is CC/C=C\C/C=C\C/C=C\C/C=C\C/C=C\C/C=C\CCCCCCCCCCCCCCCCC(=O)NC(COC1OC(CO)C(OC2OC(CO)C(OC3OC(CO)C(O)C(O)C3O)C(O)C2O)C(O)C1O)C(O)/C=C/CCCCCCCCCCCCCCCCCCCCCC. The van der Waals surface area contributed by atoms with E-state index < -0.39 is 124 Å². The molecule has 0 bridgehead atoms. The van der Waals surface area contributed by atoms with E-state index in [-0.39, 0.29) is 18.9 Å². The van der Waals surface area contributed by atoms with Crippen LogP contribution in [-0.4, -0.2) is 193 Å². The highest BCUT2D eigenvalue weighted by atomic mass is 16.8. The van der Waals surface area contributed by atoms with E-state index in [9.17, 15) is 61.0 Å². The number of carbonyl (C=O) groups excluding carboxylic acids is 1. The van der Waals surface area contributed by atoms with Crippen LogP contribution in [-0.2, 0) is 33.2 Å². The zero-order valence-corrected chi connectivity index (χ0v) is 61.9. The average Bonchev–Trinajstić information content (AvgIpc) is 0.783. The largest absolute Gasteiger partial charge is 0.394 e. The summed E-state index contributed by atoms with van der Waals surface area (Å²) >= 11 is 0. The van der Waals surface area contributed by atoms with Gasteiger partial charge < -0.3 is 89.9 Å². The molecule has 3 saturated heterocycles. The zero-order valence-electron chi connectivity index (χ0n) is 61.9. The third-order valence-electron chi connectivity index (χ3n) is 19.4. The summed E-state index contributed by atoms with van der Waals surface area (Å²) in [5.41, 5.74) is 0. The van der Waals surface area contributed by atoms with Crippen LogP contribution in [0.25, 0.3) is 0 Å². The van der Waals surface area contributed by atoms with Crippen molar-refractivity contribution in [3.63, 3.8) is 0 Å². The zero-order chi connectivity index (χ0) is 72.5. The fraction of sp³-hybridized carbons (Fsp3) is 0.815. The van der Waals surface area contributed by atoms with E-state index in [0.717, 1.165) is 89.9 Å². The van der Waals surface area contributed by atoms with E-state index in [1.165, 1.54) is 173 Å². The summed E-state index contributed by atoms with van der Waals surface area (Å²) in [5.74, 6) is -0.276. The van der Waals surface area contributed by atoms with Gasteiger partial charge in [-0.1, -0.05) is 298 Å². The number of aliphatic hydroxyl groups excluding tert-OH is 11. The van der Waals surface area contributed by atoms with Gasteiger partial charge in [-0.3, -0.25) is 4.79 Å². The van der Waals surface area contributed by atoms with E-state index in [1.807, 2.05) is 6.08 Å². The first-order valence-electron chi connectivity index (χ1n) is 39.8. The number of carbonyl (C=O) groups is 1. The molecule has 3 rings (SSSR count).